The first-order valence-electron chi connectivity index (χ1n) is 6.02. The predicted molar refractivity (Wildman–Crippen MR) is 74.2 cm³/mol. The monoisotopic (exact) mass is 289 g/mol. The molecule has 5 nitrogen and oxygen atoms in total. The molecule has 0 heterocycles. The molecular formula is C15H12FNO4. The first-order valence-corrected chi connectivity index (χ1v) is 6.02. The molecule has 0 atom stereocenters. The molecule has 0 aliphatic carbocycles. The zero-order valence-corrected chi connectivity index (χ0v) is 11.1. The van der Waals surface area contributed by atoms with E-state index in [4.69, 9.17) is 5.11 Å². The topological polar surface area (TPSA) is 86.6 Å². The van der Waals surface area contributed by atoms with E-state index in [2.05, 4.69) is 5.32 Å². The molecular weight excluding hydrogens is 277 g/mol. The molecule has 0 bridgehead atoms. The van der Waals surface area contributed by atoms with Crippen molar-refractivity contribution in [2.75, 3.05) is 5.32 Å². The lowest BCUT2D eigenvalue weighted by atomic mass is 10.1. The summed E-state index contributed by atoms with van der Waals surface area (Å²) in [5.41, 5.74) is 0.325. The maximum atomic E-state index is 13.2. The number of hydrogen-bond acceptors (Lipinski definition) is 3. The van der Waals surface area contributed by atoms with Gasteiger partial charge in [0.2, 0.25) is 0 Å². The third-order valence-corrected chi connectivity index (χ3v) is 2.86. The Hall–Kier alpha value is -2.89. The predicted octanol–water partition coefficient (Wildman–Crippen LogP) is 2.79. The summed E-state index contributed by atoms with van der Waals surface area (Å²) < 4.78 is 13.2. The molecule has 108 valence electrons. The standard InChI is InChI=1S/C15H12FNO4/c1-8-2-4-11(13(18)6-8)14(19)17-12-7-9(16)3-5-10(12)15(20)21/h2-7,18H,1H3,(H,17,19)(H,20,21). The van der Waals surface area contributed by atoms with Crippen LogP contribution in [0, 0.1) is 12.7 Å². The molecule has 1 amide bonds. The third kappa shape index (κ3) is 3.17. The van der Waals surface area contributed by atoms with Crippen LogP contribution >= 0.6 is 0 Å². The normalized spacial score (nSPS) is 10.2. The van der Waals surface area contributed by atoms with Crippen LogP contribution in [-0.4, -0.2) is 22.1 Å². The molecule has 3 N–H and O–H groups in total. The summed E-state index contributed by atoms with van der Waals surface area (Å²) in [5.74, 6) is -2.93. The van der Waals surface area contributed by atoms with Gasteiger partial charge in [0.1, 0.15) is 11.6 Å². The summed E-state index contributed by atoms with van der Waals surface area (Å²) in [6, 6.07) is 7.38. The van der Waals surface area contributed by atoms with Crippen molar-refractivity contribution >= 4 is 17.6 Å². The van der Waals surface area contributed by atoms with E-state index in [1.54, 1.807) is 13.0 Å². The number of amides is 1. The van der Waals surface area contributed by atoms with Crippen LogP contribution in [0.4, 0.5) is 10.1 Å². The summed E-state index contributed by atoms with van der Waals surface area (Å²) in [7, 11) is 0. The van der Waals surface area contributed by atoms with Gasteiger partial charge in [-0.25, -0.2) is 9.18 Å². The van der Waals surface area contributed by atoms with E-state index in [0.717, 1.165) is 23.8 Å². The van der Waals surface area contributed by atoms with Crippen molar-refractivity contribution in [2.24, 2.45) is 0 Å². The highest BCUT2D eigenvalue weighted by molar-refractivity contribution is 6.09. The maximum Gasteiger partial charge on any atom is 0.337 e. The van der Waals surface area contributed by atoms with Gasteiger partial charge in [0.15, 0.2) is 0 Å². The number of carboxylic acids is 1. The van der Waals surface area contributed by atoms with Gasteiger partial charge in [0.05, 0.1) is 16.8 Å². The minimum absolute atomic E-state index is 0.0267. The number of phenols is 1. The summed E-state index contributed by atoms with van der Waals surface area (Å²) in [6.07, 6.45) is 0. The van der Waals surface area contributed by atoms with Crippen LogP contribution in [0.5, 0.6) is 5.75 Å². The van der Waals surface area contributed by atoms with Crippen molar-refractivity contribution in [3.8, 4) is 5.75 Å². The lowest BCUT2D eigenvalue weighted by Crippen LogP contribution is -2.15. The number of halogens is 1. The maximum absolute atomic E-state index is 13.2. The van der Waals surface area contributed by atoms with Gasteiger partial charge < -0.3 is 15.5 Å². The van der Waals surface area contributed by atoms with Crippen LogP contribution in [0.25, 0.3) is 0 Å². The van der Waals surface area contributed by atoms with E-state index in [1.807, 2.05) is 0 Å². The second-order valence-corrected chi connectivity index (χ2v) is 4.47. The largest absolute Gasteiger partial charge is 0.507 e. The first kappa shape index (κ1) is 14.5. The van der Waals surface area contributed by atoms with E-state index < -0.39 is 17.7 Å². The lowest BCUT2D eigenvalue weighted by molar-refractivity contribution is 0.0698. The van der Waals surface area contributed by atoms with Crippen LogP contribution in [0.1, 0.15) is 26.3 Å². The Labute approximate surface area is 119 Å². The van der Waals surface area contributed by atoms with E-state index >= 15 is 0 Å². The molecule has 0 aromatic heterocycles. The molecule has 6 heteroatoms. The number of nitrogens with one attached hydrogen (secondary N) is 1. The SMILES string of the molecule is Cc1ccc(C(=O)Nc2cc(F)ccc2C(=O)O)c(O)c1. The fourth-order valence-corrected chi connectivity index (χ4v) is 1.83. The van der Waals surface area contributed by atoms with E-state index in [9.17, 15) is 19.1 Å². The van der Waals surface area contributed by atoms with Crippen molar-refractivity contribution in [1.82, 2.24) is 0 Å². The molecule has 0 spiro atoms. The number of carboxylic acid groups (broad SMARTS) is 1. The number of carbonyl (C=O) groups excluding carboxylic acids is 1. The van der Waals surface area contributed by atoms with Crippen molar-refractivity contribution in [3.63, 3.8) is 0 Å². The van der Waals surface area contributed by atoms with Gasteiger partial charge in [-0.2, -0.15) is 0 Å². The molecule has 0 saturated carbocycles. The molecule has 0 unspecified atom stereocenters. The van der Waals surface area contributed by atoms with Gasteiger partial charge in [-0.1, -0.05) is 6.07 Å². The Bertz CT molecular complexity index is 728. The highest BCUT2D eigenvalue weighted by atomic mass is 19.1. The molecule has 2 rings (SSSR count). The van der Waals surface area contributed by atoms with Gasteiger partial charge >= 0.3 is 5.97 Å². The number of hydrogen-bond donors (Lipinski definition) is 3. The van der Waals surface area contributed by atoms with E-state index in [1.165, 1.54) is 12.1 Å². The van der Waals surface area contributed by atoms with Gasteiger partial charge in [0, 0.05) is 0 Å². The molecule has 0 aliphatic heterocycles. The number of phenolic OH excluding ortho intramolecular Hbond substituents is 1. The van der Waals surface area contributed by atoms with E-state index in [0.29, 0.717) is 0 Å². The van der Waals surface area contributed by atoms with Gasteiger partial charge in [-0.15, -0.1) is 0 Å². The number of anilines is 1. The first-order chi connectivity index (χ1) is 9.88. The van der Waals surface area contributed by atoms with Crippen molar-refractivity contribution in [2.45, 2.75) is 6.92 Å². The summed E-state index contributed by atoms with van der Waals surface area (Å²) in [6.45, 7) is 1.75. The summed E-state index contributed by atoms with van der Waals surface area (Å²) >= 11 is 0. The quantitative estimate of drug-likeness (QED) is 0.811. The Morgan fingerprint density at radius 3 is 2.38 bits per heavy atom. The number of rotatable bonds is 3. The Kier molecular flexibility index (Phi) is 3.89. The van der Waals surface area contributed by atoms with Crippen molar-refractivity contribution in [1.29, 1.82) is 0 Å². The Balaban J connectivity index is 2.35. The van der Waals surface area contributed by atoms with Crippen LogP contribution in [-0.2, 0) is 0 Å². The number of carbonyl (C=O) groups is 2. The number of aromatic carboxylic acids is 1. The summed E-state index contributed by atoms with van der Waals surface area (Å²) in [5, 5.41) is 21.0. The Morgan fingerprint density at radius 2 is 1.76 bits per heavy atom. The van der Waals surface area contributed by atoms with Crippen molar-refractivity contribution in [3.05, 3.63) is 58.9 Å². The fraction of sp³-hybridized carbons (Fsp3) is 0.0667. The second-order valence-electron chi connectivity index (χ2n) is 4.47. The molecule has 2 aromatic rings. The fourth-order valence-electron chi connectivity index (χ4n) is 1.83. The molecule has 21 heavy (non-hydrogen) atoms. The highest BCUT2D eigenvalue weighted by Crippen LogP contribution is 2.22. The zero-order chi connectivity index (χ0) is 15.6. The van der Waals surface area contributed by atoms with E-state index in [-0.39, 0.29) is 22.6 Å². The van der Waals surface area contributed by atoms with Crippen LogP contribution in [0.15, 0.2) is 36.4 Å². The number of aromatic hydroxyl groups is 1. The average Bonchev–Trinajstić information content (AvgIpc) is 2.37. The summed E-state index contributed by atoms with van der Waals surface area (Å²) in [4.78, 5) is 23.1. The van der Waals surface area contributed by atoms with Crippen LogP contribution in [0.2, 0.25) is 0 Å². The lowest BCUT2D eigenvalue weighted by Gasteiger charge is -2.10. The van der Waals surface area contributed by atoms with Gasteiger partial charge in [-0.05, 0) is 42.8 Å². The average molecular weight is 289 g/mol. The smallest absolute Gasteiger partial charge is 0.337 e. The molecule has 0 saturated heterocycles. The minimum Gasteiger partial charge on any atom is -0.507 e. The minimum atomic E-state index is -1.29. The zero-order valence-electron chi connectivity index (χ0n) is 11.1. The molecule has 0 radical (unpaired) electrons. The highest BCUT2D eigenvalue weighted by Gasteiger charge is 2.16. The number of benzene rings is 2. The van der Waals surface area contributed by atoms with Crippen molar-refractivity contribution < 1.29 is 24.2 Å². The number of aryl methyl sites for hydroxylation is 1. The van der Waals surface area contributed by atoms with Gasteiger partial charge in [-0.3, -0.25) is 4.79 Å². The van der Waals surface area contributed by atoms with Gasteiger partial charge in [0.25, 0.3) is 5.91 Å². The van der Waals surface area contributed by atoms with Crippen LogP contribution < -0.4 is 5.32 Å². The molecule has 2 aromatic carbocycles. The molecule has 0 aliphatic rings. The molecule has 0 fully saturated rings. The third-order valence-electron chi connectivity index (χ3n) is 2.86. The Morgan fingerprint density at radius 1 is 1.10 bits per heavy atom. The second kappa shape index (κ2) is 5.62. The van der Waals surface area contributed by atoms with Crippen LogP contribution in [0.3, 0.4) is 0 Å².